The van der Waals surface area contributed by atoms with Crippen molar-refractivity contribution in [2.45, 2.75) is 11.4 Å². The van der Waals surface area contributed by atoms with Crippen LogP contribution in [0.1, 0.15) is 6.92 Å². The number of rotatable bonds is 6. The van der Waals surface area contributed by atoms with Crippen LogP contribution >= 0.6 is 0 Å². The molecule has 0 saturated heterocycles. The monoisotopic (exact) mass is 424 g/mol. The van der Waals surface area contributed by atoms with Crippen molar-refractivity contribution in [2.24, 2.45) is 5.92 Å². The van der Waals surface area contributed by atoms with Gasteiger partial charge in [-0.2, -0.15) is 0 Å². The van der Waals surface area contributed by atoms with Gasteiger partial charge in [0, 0.05) is 0 Å². The quantitative estimate of drug-likeness (QED) is 0.605. The average molecular weight is 423 g/mol. The Labute approximate surface area is 148 Å². The molecule has 3 aromatic carbocycles. The summed E-state index contributed by atoms with van der Waals surface area (Å²) in [7, 11) is 0. The molecule has 3 rings (SSSR count). The Balaban J connectivity index is 2.28. The van der Waals surface area contributed by atoms with E-state index in [2.05, 4.69) is 97.9 Å². The van der Waals surface area contributed by atoms with Crippen LogP contribution in [0.3, 0.4) is 0 Å². The molecular weight excluding hydrogens is 399 g/mol. The third-order valence-electron chi connectivity index (χ3n) is 4.77. The van der Waals surface area contributed by atoms with Crippen LogP contribution in [0.5, 0.6) is 0 Å². The molecule has 0 aliphatic carbocycles. The summed E-state index contributed by atoms with van der Waals surface area (Å²) in [5.74, 6) is 0.293. The van der Waals surface area contributed by atoms with Crippen LogP contribution in [0.25, 0.3) is 0 Å². The van der Waals surface area contributed by atoms with Crippen LogP contribution in [-0.4, -0.2) is 30.1 Å². The number of hydrogen-bond donors (Lipinski definition) is 1. The van der Waals surface area contributed by atoms with Crippen molar-refractivity contribution >= 4 is 29.1 Å². The van der Waals surface area contributed by atoms with Crippen molar-refractivity contribution in [2.75, 3.05) is 6.61 Å². The van der Waals surface area contributed by atoms with Gasteiger partial charge in [-0.1, -0.05) is 0 Å². The SMILES string of the molecule is C[C@H](CO)[CH2][Sn]([c]1ccccc1)([c]1ccccc1)[c]1ccccc1. The predicted molar refractivity (Wildman–Crippen MR) is 105 cm³/mol. The van der Waals surface area contributed by atoms with E-state index in [9.17, 15) is 5.11 Å². The molecule has 0 heterocycles. The zero-order valence-electron chi connectivity index (χ0n) is 14.1. The van der Waals surface area contributed by atoms with Crippen molar-refractivity contribution in [3.8, 4) is 0 Å². The minimum absolute atomic E-state index is 0.241. The van der Waals surface area contributed by atoms with Gasteiger partial charge in [0.05, 0.1) is 0 Å². The molecule has 0 spiro atoms. The Bertz CT molecular complexity index is 644. The van der Waals surface area contributed by atoms with E-state index in [-0.39, 0.29) is 6.61 Å². The van der Waals surface area contributed by atoms with Crippen molar-refractivity contribution < 1.29 is 5.11 Å². The summed E-state index contributed by atoms with van der Waals surface area (Å²) in [5, 5.41) is 9.77. The second-order valence-electron chi connectivity index (χ2n) is 6.50. The molecule has 24 heavy (non-hydrogen) atoms. The molecule has 0 amide bonds. The van der Waals surface area contributed by atoms with Gasteiger partial charge in [0.25, 0.3) is 0 Å². The Morgan fingerprint density at radius 2 is 1.00 bits per heavy atom. The summed E-state index contributed by atoms with van der Waals surface area (Å²) < 4.78 is 5.50. The number of aliphatic hydroxyl groups is 1. The zero-order chi connectivity index (χ0) is 16.8. The van der Waals surface area contributed by atoms with E-state index in [1.54, 1.807) is 0 Å². The molecule has 0 bridgehead atoms. The minimum atomic E-state index is -3.15. The molecule has 0 unspecified atom stereocenters. The molecule has 0 saturated carbocycles. The van der Waals surface area contributed by atoms with E-state index in [4.69, 9.17) is 0 Å². The van der Waals surface area contributed by atoms with Gasteiger partial charge in [-0.15, -0.1) is 0 Å². The van der Waals surface area contributed by atoms with Gasteiger partial charge >= 0.3 is 149 Å². The molecule has 3 aromatic rings. The normalized spacial score (nSPS) is 12.8. The van der Waals surface area contributed by atoms with Crippen LogP contribution in [0.15, 0.2) is 91.0 Å². The van der Waals surface area contributed by atoms with Gasteiger partial charge in [-0.05, 0) is 0 Å². The summed E-state index contributed by atoms with van der Waals surface area (Å²) in [4.78, 5) is 0. The van der Waals surface area contributed by atoms with Crippen molar-refractivity contribution in [1.29, 1.82) is 0 Å². The maximum absolute atomic E-state index is 9.77. The average Bonchev–Trinajstić information content (AvgIpc) is 2.68. The van der Waals surface area contributed by atoms with E-state index >= 15 is 0 Å². The van der Waals surface area contributed by atoms with Crippen LogP contribution in [0.2, 0.25) is 4.44 Å². The molecule has 1 nitrogen and oxygen atoms in total. The van der Waals surface area contributed by atoms with Gasteiger partial charge < -0.3 is 0 Å². The molecule has 0 fully saturated rings. The summed E-state index contributed by atoms with van der Waals surface area (Å²) >= 11 is -3.15. The van der Waals surface area contributed by atoms with Gasteiger partial charge in [0.1, 0.15) is 0 Å². The van der Waals surface area contributed by atoms with Crippen LogP contribution in [-0.2, 0) is 0 Å². The fraction of sp³-hybridized carbons (Fsp3) is 0.182. The van der Waals surface area contributed by atoms with Gasteiger partial charge in [-0.25, -0.2) is 0 Å². The third-order valence-corrected chi connectivity index (χ3v) is 19.8. The second-order valence-corrected chi connectivity index (χ2v) is 17.8. The molecule has 0 aromatic heterocycles. The molecular formula is C22H24OSn. The molecule has 0 radical (unpaired) electrons. The first-order valence-corrected chi connectivity index (χ1v) is 14.8. The number of benzene rings is 3. The van der Waals surface area contributed by atoms with E-state index in [0.717, 1.165) is 4.44 Å². The van der Waals surface area contributed by atoms with Crippen LogP contribution in [0.4, 0.5) is 0 Å². The topological polar surface area (TPSA) is 20.2 Å². The van der Waals surface area contributed by atoms with E-state index < -0.39 is 18.4 Å². The van der Waals surface area contributed by atoms with E-state index in [1.807, 2.05) is 0 Å². The molecule has 1 atom stereocenters. The Kier molecular flexibility index (Phi) is 5.75. The molecule has 2 heteroatoms. The first-order chi connectivity index (χ1) is 11.8. The molecule has 0 aliphatic rings. The van der Waals surface area contributed by atoms with E-state index in [0.29, 0.717) is 5.92 Å². The Morgan fingerprint density at radius 1 is 0.667 bits per heavy atom. The first kappa shape index (κ1) is 17.2. The Hall–Kier alpha value is -1.58. The van der Waals surface area contributed by atoms with Gasteiger partial charge in [-0.3, -0.25) is 0 Å². The van der Waals surface area contributed by atoms with Crippen LogP contribution < -0.4 is 10.7 Å². The van der Waals surface area contributed by atoms with Crippen molar-refractivity contribution in [3.63, 3.8) is 0 Å². The number of aliphatic hydroxyl groups excluding tert-OH is 1. The summed E-state index contributed by atoms with van der Waals surface area (Å²) in [6, 6.07) is 32.9. The standard InChI is InChI=1S/3C6H5.C4H9O.Sn/c3*1-2-4-6-5-3-1;1-4(2)3-5;/h3*1-5H;4-5H,1,3H2,2H3;/t;;;4-;/m...1./s1. The fourth-order valence-corrected chi connectivity index (χ4v) is 18.4. The molecule has 1 N–H and O–H groups in total. The zero-order valence-corrected chi connectivity index (χ0v) is 17.0. The first-order valence-electron chi connectivity index (χ1n) is 8.55. The number of hydrogen-bond acceptors (Lipinski definition) is 1. The van der Waals surface area contributed by atoms with Crippen molar-refractivity contribution in [1.82, 2.24) is 0 Å². The second kappa shape index (κ2) is 8.00. The van der Waals surface area contributed by atoms with Crippen molar-refractivity contribution in [3.05, 3.63) is 91.0 Å². The van der Waals surface area contributed by atoms with Gasteiger partial charge in [0.15, 0.2) is 0 Å². The fourth-order valence-electron chi connectivity index (χ4n) is 3.61. The Morgan fingerprint density at radius 3 is 1.29 bits per heavy atom. The summed E-state index contributed by atoms with van der Waals surface area (Å²) in [5.41, 5.74) is 0. The van der Waals surface area contributed by atoms with Gasteiger partial charge in [0.2, 0.25) is 0 Å². The van der Waals surface area contributed by atoms with E-state index in [1.165, 1.54) is 10.7 Å². The predicted octanol–water partition coefficient (Wildman–Crippen LogP) is 2.79. The molecule has 122 valence electrons. The maximum atomic E-state index is 9.77. The summed E-state index contributed by atoms with van der Waals surface area (Å²) in [6.45, 7) is 2.41. The summed E-state index contributed by atoms with van der Waals surface area (Å²) in [6.07, 6.45) is 0. The molecule has 0 aliphatic heterocycles. The van der Waals surface area contributed by atoms with Crippen LogP contribution in [0, 0.1) is 5.92 Å². The third kappa shape index (κ3) is 3.42.